The van der Waals surface area contributed by atoms with Gasteiger partial charge in [-0.05, 0) is 0 Å². The molecular formula is C6H9ClO4. The highest BCUT2D eigenvalue weighted by Crippen LogP contribution is 1.87. The van der Waals surface area contributed by atoms with Crippen molar-refractivity contribution < 1.29 is 19.1 Å². The van der Waals surface area contributed by atoms with Crippen molar-refractivity contribution in [3.8, 4) is 0 Å². The van der Waals surface area contributed by atoms with Gasteiger partial charge in [0.25, 0.3) is 0 Å². The van der Waals surface area contributed by atoms with Gasteiger partial charge in [0.2, 0.25) is 0 Å². The van der Waals surface area contributed by atoms with E-state index in [0.29, 0.717) is 0 Å². The van der Waals surface area contributed by atoms with Crippen molar-refractivity contribution in [2.45, 2.75) is 13.3 Å². The average Bonchev–Trinajstić information content (AvgIpc) is 2.01. The Bertz CT molecular complexity index is 146. The standard InChI is InChI=1S/C6H9ClO4/c1-2-5(8)10-3-6(9)11-4-7/h2-4H2,1H3. The second-order valence-corrected chi connectivity index (χ2v) is 1.86. The molecule has 0 aliphatic rings. The van der Waals surface area contributed by atoms with E-state index in [1.54, 1.807) is 6.92 Å². The molecule has 0 radical (unpaired) electrons. The van der Waals surface area contributed by atoms with Crippen LogP contribution in [-0.4, -0.2) is 24.6 Å². The van der Waals surface area contributed by atoms with Crippen LogP contribution in [0.4, 0.5) is 0 Å². The number of hydrogen-bond donors (Lipinski definition) is 0. The molecule has 0 aromatic heterocycles. The third-order valence-corrected chi connectivity index (χ3v) is 0.964. The van der Waals surface area contributed by atoms with Gasteiger partial charge < -0.3 is 9.47 Å². The van der Waals surface area contributed by atoms with Gasteiger partial charge in [0.1, 0.15) is 0 Å². The van der Waals surface area contributed by atoms with Crippen LogP contribution in [0.1, 0.15) is 13.3 Å². The Hall–Kier alpha value is -0.770. The van der Waals surface area contributed by atoms with Crippen LogP contribution in [0.3, 0.4) is 0 Å². The molecule has 0 fully saturated rings. The molecule has 0 saturated heterocycles. The minimum absolute atomic E-state index is 0.220. The molecular weight excluding hydrogens is 172 g/mol. The van der Waals surface area contributed by atoms with Gasteiger partial charge in [-0.1, -0.05) is 18.5 Å². The number of carbonyl (C=O) groups excluding carboxylic acids is 2. The lowest BCUT2D eigenvalue weighted by Gasteiger charge is -2.00. The minimum atomic E-state index is -0.637. The molecule has 11 heavy (non-hydrogen) atoms. The van der Waals surface area contributed by atoms with Crippen LogP contribution in [0.2, 0.25) is 0 Å². The van der Waals surface area contributed by atoms with E-state index < -0.39 is 11.9 Å². The van der Waals surface area contributed by atoms with Gasteiger partial charge in [-0.15, -0.1) is 0 Å². The average molecular weight is 181 g/mol. The molecule has 0 saturated carbocycles. The third kappa shape index (κ3) is 5.66. The molecule has 0 heterocycles. The number of ether oxygens (including phenoxy) is 2. The van der Waals surface area contributed by atoms with Gasteiger partial charge in [-0.3, -0.25) is 4.79 Å². The van der Waals surface area contributed by atoms with Crippen molar-refractivity contribution in [1.29, 1.82) is 0 Å². The van der Waals surface area contributed by atoms with Crippen molar-refractivity contribution in [3.05, 3.63) is 0 Å². The molecule has 0 bridgehead atoms. The summed E-state index contributed by atoms with van der Waals surface area (Å²) in [4.78, 5) is 20.9. The summed E-state index contributed by atoms with van der Waals surface area (Å²) in [5.41, 5.74) is 0. The maximum atomic E-state index is 10.5. The van der Waals surface area contributed by atoms with Crippen LogP contribution in [0.5, 0.6) is 0 Å². The van der Waals surface area contributed by atoms with E-state index in [4.69, 9.17) is 11.6 Å². The number of rotatable bonds is 4. The Morgan fingerprint density at radius 2 is 1.91 bits per heavy atom. The summed E-state index contributed by atoms with van der Waals surface area (Å²) >= 11 is 5.06. The predicted octanol–water partition coefficient (Wildman–Crippen LogP) is 0.679. The van der Waals surface area contributed by atoms with Crippen molar-refractivity contribution in [1.82, 2.24) is 0 Å². The predicted molar refractivity (Wildman–Crippen MR) is 38.1 cm³/mol. The Morgan fingerprint density at radius 1 is 1.27 bits per heavy atom. The fourth-order valence-corrected chi connectivity index (χ4v) is 0.466. The topological polar surface area (TPSA) is 52.6 Å². The molecule has 4 nitrogen and oxygen atoms in total. The van der Waals surface area contributed by atoms with Crippen molar-refractivity contribution >= 4 is 23.5 Å². The van der Waals surface area contributed by atoms with E-state index in [0.717, 1.165) is 0 Å². The summed E-state index contributed by atoms with van der Waals surface area (Å²) in [5, 5.41) is 0. The number of alkyl halides is 1. The van der Waals surface area contributed by atoms with E-state index in [2.05, 4.69) is 9.47 Å². The quantitative estimate of drug-likeness (QED) is 0.472. The van der Waals surface area contributed by atoms with Gasteiger partial charge in [0.15, 0.2) is 12.7 Å². The molecule has 0 amide bonds. The second kappa shape index (κ2) is 5.97. The lowest BCUT2D eigenvalue weighted by Crippen LogP contribution is -2.15. The van der Waals surface area contributed by atoms with Crippen LogP contribution in [0, 0.1) is 0 Å². The van der Waals surface area contributed by atoms with Gasteiger partial charge in [0, 0.05) is 6.42 Å². The number of esters is 2. The summed E-state index contributed by atoms with van der Waals surface area (Å²) < 4.78 is 8.72. The van der Waals surface area contributed by atoms with Gasteiger partial charge in [0.05, 0.1) is 0 Å². The number of hydrogen-bond acceptors (Lipinski definition) is 4. The van der Waals surface area contributed by atoms with E-state index >= 15 is 0 Å². The van der Waals surface area contributed by atoms with Gasteiger partial charge >= 0.3 is 11.9 Å². The Kier molecular flexibility index (Phi) is 5.56. The summed E-state index contributed by atoms with van der Waals surface area (Å²) in [6.07, 6.45) is 0.244. The summed E-state index contributed by atoms with van der Waals surface area (Å²) in [7, 11) is 0. The molecule has 0 atom stereocenters. The molecule has 0 aliphatic heterocycles. The van der Waals surface area contributed by atoms with E-state index in [1.165, 1.54) is 0 Å². The number of carbonyl (C=O) groups is 2. The van der Waals surface area contributed by atoms with Crippen LogP contribution < -0.4 is 0 Å². The largest absolute Gasteiger partial charge is 0.454 e. The SMILES string of the molecule is CCC(=O)OCC(=O)OCCl. The highest BCUT2D eigenvalue weighted by Gasteiger charge is 2.04. The van der Waals surface area contributed by atoms with Gasteiger partial charge in [-0.25, -0.2) is 4.79 Å². The van der Waals surface area contributed by atoms with Crippen LogP contribution >= 0.6 is 11.6 Å². The van der Waals surface area contributed by atoms with Crippen molar-refractivity contribution in [3.63, 3.8) is 0 Å². The molecule has 0 N–H and O–H groups in total. The fourth-order valence-electron chi connectivity index (χ4n) is 0.344. The molecule has 64 valence electrons. The zero-order chi connectivity index (χ0) is 8.69. The summed E-state index contributed by atoms with van der Waals surface area (Å²) in [5.74, 6) is -1.07. The monoisotopic (exact) mass is 180 g/mol. The minimum Gasteiger partial charge on any atom is -0.454 e. The molecule has 0 aromatic carbocycles. The maximum absolute atomic E-state index is 10.5. The maximum Gasteiger partial charge on any atom is 0.345 e. The van der Waals surface area contributed by atoms with E-state index in [-0.39, 0.29) is 19.1 Å². The van der Waals surface area contributed by atoms with Crippen molar-refractivity contribution in [2.24, 2.45) is 0 Å². The molecule has 0 unspecified atom stereocenters. The van der Waals surface area contributed by atoms with Crippen LogP contribution in [0.25, 0.3) is 0 Å². The van der Waals surface area contributed by atoms with Crippen LogP contribution in [0.15, 0.2) is 0 Å². The molecule has 0 rings (SSSR count). The van der Waals surface area contributed by atoms with E-state index in [9.17, 15) is 9.59 Å². The lowest BCUT2D eigenvalue weighted by molar-refractivity contribution is -0.157. The second-order valence-electron chi connectivity index (χ2n) is 1.64. The first-order valence-corrected chi connectivity index (χ1v) is 3.61. The molecule has 0 aliphatic carbocycles. The highest BCUT2D eigenvalue weighted by atomic mass is 35.5. The van der Waals surface area contributed by atoms with E-state index in [1.807, 2.05) is 0 Å². The first-order valence-electron chi connectivity index (χ1n) is 3.08. The highest BCUT2D eigenvalue weighted by molar-refractivity contribution is 6.17. The third-order valence-electron chi connectivity index (χ3n) is 0.855. The lowest BCUT2D eigenvalue weighted by atomic mass is 10.5. The fraction of sp³-hybridized carbons (Fsp3) is 0.667. The Morgan fingerprint density at radius 3 is 2.36 bits per heavy atom. The summed E-state index contributed by atoms with van der Waals surface area (Å²) in [6.45, 7) is 1.27. The Balaban J connectivity index is 3.38. The first-order chi connectivity index (χ1) is 5.20. The smallest absolute Gasteiger partial charge is 0.345 e. The Labute approximate surface area is 69.4 Å². The molecule has 5 heteroatoms. The zero-order valence-corrected chi connectivity index (χ0v) is 6.89. The zero-order valence-electron chi connectivity index (χ0n) is 6.13. The first kappa shape index (κ1) is 10.2. The molecule has 0 spiro atoms. The summed E-state index contributed by atoms with van der Waals surface area (Å²) in [6, 6.07) is -0.220. The number of halogens is 1. The normalized spacial score (nSPS) is 8.91. The van der Waals surface area contributed by atoms with Crippen molar-refractivity contribution in [2.75, 3.05) is 12.7 Å². The van der Waals surface area contributed by atoms with Crippen LogP contribution in [-0.2, 0) is 19.1 Å². The molecule has 0 aromatic rings. The van der Waals surface area contributed by atoms with Gasteiger partial charge in [-0.2, -0.15) is 0 Å².